The summed E-state index contributed by atoms with van der Waals surface area (Å²) in [4.78, 5) is 4.61. The number of methoxy groups -OCH3 is 2. The van der Waals surface area contributed by atoms with E-state index in [1.165, 1.54) is 25.7 Å². The van der Waals surface area contributed by atoms with Crippen molar-refractivity contribution >= 4 is 0 Å². The van der Waals surface area contributed by atoms with Gasteiger partial charge in [0.05, 0.1) is 20.3 Å². The third-order valence-corrected chi connectivity index (χ3v) is 5.24. The Balaban J connectivity index is 1.55. The predicted molar refractivity (Wildman–Crippen MR) is 89.1 cm³/mol. The average molecular weight is 329 g/mol. The third kappa shape index (κ3) is 2.75. The van der Waals surface area contributed by atoms with Crippen LogP contribution in [0, 0.1) is 5.92 Å². The summed E-state index contributed by atoms with van der Waals surface area (Å²) < 4.78 is 16.2. The molecule has 1 saturated heterocycles. The smallest absolute Gasteiger partial charge is 0.244 e. The van der Waals surface area contributed by atoms with Crippen molar-refractivity contribution in [3.8, 4) is 22.9 Å². The van der Waals surface area contributed by atoms with Crippen molar-refractivity contribution in [2.75, 3.05) is 14.2 Å². The second-order valence-electron chi connectivity index (χ2n) is 6.63. The maximum absolute atomic E-state index is 5.54. The Kier molecular flexibility index (Phi) is 4.14. The molecule has 6 nitrogen and oxygen atoms in total. The van der Waals surface area contributed by atoms with Crippen LogP contribution in [0.2, 0.25) is 0 Å². The zero-order valence-corrected chi connectivity index (χ0v) is 14.1. The highest BCUT2D eigenvalue weighted by Crippen LogP contribution is 2.39. The highest BCUT2D eigenvalue weighted by molar-refractivity contribution is 5.60. The average Bonchev–Trinajstić information content (AvgIpc) is 3.27. The van der Waals surface area contributed by atoms with Gasteiger partial charge in [0.25, 0.3) is 0 Å². The van der Waals surface area contributed by atoms with E-state index in [4.69, 9.17) is 14.0 Å². The number of aromatic nitrogens is 2. The van der Waals surface area contributed by atoms with Crippen LogP contribution in [-0.4, -0.2) is 30.4 Å². The molecule has 0 amide bonds. The Hall–Kier alpha value is -2.08. The lowest BCUT2D eigenvalue weighted by molar-refractivity contribution is 0.324. The number of nitrogens with one attached hydrogen (secondary N) is 1. The van der Waals surface area contributed by atoms with E-state index in [0.29, 0.717) is 29.3 Å². The van der Waals surface area contributed by atoms with Gasteiger partial charge in [-0.2, -0.15) is 4.98 Å². The first kappa shape index (κ1) is 15.4. The highest BCUT2D eigenvalue weighted by atomic mass is 16.5. The summed E-state index contributed by atoms with van der Waals surface area (Å²) >= 11 is 0. The van der Waals surface area contributed by atoms with Gasteiger partial charge in [-0.1, -0.05) is 18.0 Å². The molecule has 1 aliphatic carbocycles. The molecule has 2 aliphatic rings. The predicted octanol–water partition coefficient (Wildman–Crippen LogP) is 3.35. The summed E-state index contributed by atoms with van der Waals surface area (Å²) in [5.41, 5.74) is 0.859. The standard InChI is InChI=1S/C18H23N3O3/c1-22-15-8-7-12(10-16(15)23-2)17-20-18(24-21-17)14-9-11-5-3-4-6-13(11)19-14/h7-8,10-11,13-14,19H,3-6,9H2,1-2H3. The molecule has 1 aromatic heterocycles. The molecular weight excluding hydrogens is 306 g/mol. The van der Waals surface area contributed by atoms with E-state index in [9.17, 15) is 0 Å². The van der Waals surface area contributed by atoms with Crippen molar-refractivity contribution in [3.05, 3.63) is 24.1 Å². The van der Waals surface area contributed by atoms with Crippen LogP contribution in [0.4, 0.5) is 0 Å². The number of hydrogen-bond acceptors (Lipinski definition) is 6. The molecule has 128 valence electrons. The van der Waals surface area contributed by atoms with E-state index in [0.717, 1.165) is 17.9 Å². The first-order valence-corrected chi connectivity index (χ1v) is 8.60. The number of fused-ring (bicyclic) bond motifs is 1. The van der Waals surface area contributed by atoms with Gasteiger partial charge in [0.15, 0.2) is 11.5 Å². The lowest BCUT2D eigenvalue weighted by atomic mass is 9.85. The Labute approximate surface area is 141 Å². The molecular formula is C18H23N3O3. The van der Waals surface area contributed by atoms with Crippen LogP contribution in [0.1, 0.15) is 44.0 Å². The molecule has 1 aliphatic heterocycles. The molecule has 3 unspecified atom stereocenters. The number of ether oxygens (including phenoxy) is 2. The first-order valence-electron chi connectivity index (χ1n) is 8.60. The Morgan fingerprint density at radius 3 is 2.75 bits per heavy atom. The Bertz CT molecular complexity index is 701. The van der Waals surface area contributed by atoms with E-state index >= 15 is 0 Å². The molecule has 1 N–H and O–H groups in total. The number of nitrogens with zero attached hydrogens (tertiary/aromatic N) is 2. The molecule has 2 heterocycles. The lowest BCUT2D eigenvalue weighted by Crippen LogP contribution is -2.30. The van der Waals surface area contributed by atoms with Gasteiger partial charge in [-0.05, 0) is 43.4 Å². The quantitative estimate of drug-likeness (QED) is 0.928. The van der Waals surface area contributed by atoms with Crippen molar-refractivity contribution in [2.45, 2.75) is 44.2 Å². The second kappa shape index (κ2) is 6.43. The van der Waals surface area contributed by atoms with Gasteiger partial charge in [0.2, 0.25) is 11.7 Å². The fourth-order valence-electron chi connectivity index (χ4n) is 3.98. The minimum absolute atomic E-state index is 0.180. The summed E-state index contributed by atoms with van der Waals surface area (Å²) in [5, 5.41) is 7.83. The van der Waals surface area contributed by atoms with Gasteiger partial charge in [0.1, 0.15) is 0 Å². The normalized spacial score (nSPS) is 26.2. The van der Waals surface area contributed by atoms with Crippen LogP contribution in [0.3, 0.4) is 0 Å². The van der Waals surface area contributed by atoms with E-state index < -0.39 is 0 Å². The molecule has 0 bridgehead atoms. The molecule has 2 aromatic rings. The maximum Gasteiger partial charge on any atom is 0.244 e. The number of benzene rings is 1. The van der Waals surface area contributed by atoms with Gasteiger partial charge in [-0.25, -0.2) is 0 Å². The summed E-state index contributed by atoms with van der Waals surface area (Å²) in [7, 11) is 3.24. The second-order valence-corrected chi connectivity index (χ2v) is 6.63. The van der Waals surface area contributed by atoms with Crippen molar-refractivity contribution < 1.29 is 14.0 Å². The molecule has 6 heteroatoms. The van der Waals surface area contributed by atoms with Crippen LogP contribution in [0.5, 0.6) is 11.5 Å². The zero-order chi connectivity index (χ0) is 16.5. The van der Waals surface area contributed by atoms with E-state index in [1.807, 2.05) is 18.2 Å². The van der Waals surface area contributed by atoms with Crippen LogP contribution >= 0.6 is 0 Å². The van der Waals surface area contributed by atoms with Crippen molar-refractivity contribution in [1.82, 2.24) is 15.5 Å². The largest absolute Gasteiger partial charge is 0.493 e. The van der Waals surface area contributed by atoms with Crippen molar-refractivity contribution in [1.29, 1.82) is 0 Å². The van der Waals surface area contributed by atoms with Crippen LogP contribution in [0.15, 0.2) is 22.7 Å². The van der Waals surface area contributed by atoms with Gasteiger partial charge in [-0.15, -0.1) is 0 Å². The van der Waals surface area contributed by atoms with Crippen molar-refractivity contribution in [3.63, 3.8) is 0 Å². The van der Waals surface area contributed by atoms with E-state index in [1.54, 1.807) is 14.2 Å². The minimum atomic E-state index is 0.180. The lowest BCUT2D eigenvalue weighted by Gasteiger charge is -2.24. The van der Waals surface area contributed by atoms with Crippen molar-refractivity contribution in [2.24, 2.45) is 5.92 Å². The van der Waals surface area contributed by atoms with Gasteiger partial charge in [0, 0.05) is 11.6 Å². The van der Waals surface area contributed by atoms with Crippen LogP contribution in [-0.2, 0) is 0 Å². The fourth-order valence-corrected chi connectivity index (χ4v) is 3.98. The molecule has 24 heavy (non-hydrogen) atoms. The summed E-state index contributed by atoms with van der Waals surface area (Å²) in [6.45, 7) is 0. The molecule has 2 fully saturated rings. The molecule has 4 rings (SSSR count). The summed E-state index contributed by atoms with van der Waals surface area (Å²) in [6.07, 6.45) is 6.33. The SMILES string of the molecule is COc1ccc(-c2noc(C3CC4CCCCC4N3)n2)cc1OC. The highest BCUT2D eigenvalue weighted by Gasteiger charge is 2.38. The molecule has 3 atom stereocenters. The first-order chi connectivity index (χ1) is 11.8. The molecule has 0 spiro atoms. The molecule has 0 radical (unpaired) electrons. The Morgan fingerprint density at radius 1 is 1.12 bits per heavy atom. The fraction of sp³-hybridized carbons (Fsp3) is 0.556. The maximum atomic E-state index is 5.54. The Morgan fingerprint density at radius 2 is 1.96 bits per heavy atom. The topological polar surface area (TPSA) is 69.4 Å². The summed E-state index contributed by atoms with van der Waals surface area (Å²) in [6, 6.07) is 6.43. The van der Waals surface area contributed by atoms with Crippen LogP contribution in [0.25, 0.3) is 11.4 Å². The molecule has 1 aromatic carbocycles. The van der Waals surface area contributed by atoms with Gasteiger partial charge >= 0.3 is 0 Å². The monoisotopic (exact) mass is 329 g/mol. The van der Waals surface area contributed by atoms with Crippen LogP contribution < -0.4 is 14.8 Å². The number of hydrogen-bond donors (Lipinski definition) is 1. The van der Waals surface area contributed by atoms with Gasteiger partial charge in [-0.3, -0.25) is 0 Å². The minimum Gasteiger partial charge on any atom is -0.493 e. The van der Waals surface area contributed by atoms with Gasteiger partial charge < -0.3 is 19.3 Å². The summed E-state index contributed by atoms with van der Waals surface area (Å²) in [5.74, 6) is 3.37. The van der Waals surface area contributed by atoms with E-state index in [2.05, 4.69) is 15.5 Å². The van der Waals surface area contributed by atoms with E-state index in [-0.39, 0.29) is 6.04 Å². The number of rotatable bonds is 4. The third-order valence-electron chi connectivity index (χ3n) is 5.24. The zero-order valence-electron chi connectivity index (χ0n) is 14.1. The molecule has 1 saturated carbocycles.